The molecule has 0 bridgehead atoms. The first-order chi connectivity index (χ1) is 11.6. The lowest BCUT2D eigenvalue weighted by Gasteiger charge is -2.33. The van der Waals surface area contributed by atoms with Crippen LogP contribution in [0.25, 0.3) is 0 Å². The van der Waals surface area contributed by atoms with Crippen molar-refractivity contribution in [2.24, 2.45) is 0 Å². The first-order valence-corrected chi connectivity index (χ1v) is 7.83. The summed E-state index contributed by atoms with van der Waals surface area (Å²) in [5.41, 5.74) is 1.10. The molecule has 3 rings (SSSR count). The van der Waals surface area contributed by atoms with Crippen molar-refractivity contribution in [3.05, 3.63) is 59.9 Å². The highest BCUT2D eigenvalue weighted by Crippen LogP contribution is 2.23. The van der Waals surface area contributed by atoms with Gasteiger partial charge in [-0.05, 0) is 42.0 Å². The number of nitrogens with zero attached hydrogens (tertiary/aromatic N) is 2. The van der Waals surface area contributed by atoms with E-state index in [1.54, 1.807) is 12.1 Å². The van der Waals surface area contributed by atoms with Gasteiger partial charge in [-0.3, -0.25) is 4.90 Å². The molecule has 2 aromatic carbocycles. The average Bonchev–Trinajstić information content (AvgIpc) is 2.58. The van der Waals surface area contributed by atoms with Gasteiger partial charge < -0.3 is 14.7 Å². The van der Waals surface area contributed by atoms with Crippen molar-refractivity contribution >= 4 is 6.09 Å². The molecule has 1 heterocycles. The van der Waals surface area contributed by atoms with Gasteiger partial charge in [-0.25, -0.2) is 9.18 Å². The Morgan fingerprint density at radius 3 is 2.42 bits per heavy atom. The van der Waals surface area contributed by atoms with E-state index in [1.165, 1.54) is 17.0 Å². The Morgan fingerprint density at radius 2 is 1.75 bits per heavy atom. The zero-order valence-corrected chi connectivity index (χ0v) is 13.2. The highest BCUT2D eigenvalue weighted by molar-refractivity contribution is 5.65. The van der Waals surface area contributed by atoms with E-state index in [0.717, 1.165) is 25.2 Å². The van der Waals surface area contributed by atoms with Crippen LogP contribution in [-0.4, -0.2) is 47.2 Å². The van der Waals surface area contributed by atoms with Gasteiger partial charge in [0.05, 0.1) is 0 Å². The van der Waals surface area contributed by atoms with Crippen molar-refractivity contribution in [1.82, 2.24) is 9.80 Å². The summed E-state index contributed by atoms with van der Waals surface area (Å²) in [6, 6.07) is 13.6. The van der Waals surface area contributed by atoms with E-state index in [9.17, 15) is 9.18 Å². The fraction of sp³-hybridized carbons (Fsp3) is 0.278. The molecule has 1 saturated heterocycles. The summed E-state index contributed by atoms with van der Waals surface area (Å²) in [6.07, 6.45) is -0.857. The lowest BCUT2D eigenvalue weighted by atomic mass is 10.2. The number of ether oxygens (including phenoxy) is 1. The number of benzene rings is 2. The maximum absolute atomic E-state index is 12.9. The monoisotopic (exact) mass is 330 g/mol. The van der Waals surface area contributed by atoms with Crippen molar-refractivity contribution in [2.75, 3.05) is 26.2 Å². The van der Waals surface area contributed by atoms with Gasteiger partial charge in [-0.1, -0.05) is 12.1 Å². The Hall–Kier alpha value is -2.60. The molecular weight excluding hydrogens is 311 g/mol. The minimum absolute atomic E-state index is 0.295. The van der Waals surface area contributed by atoms with Gasteiger partial charge in [-0.15, -0.1) is 0 Å². The van der Waals surface area contributed by atoms with Gasteiger partial charge in [0.15, 0.2) is 0 Å². The summed E-state index contributed by atoms with van der Waals surface area (Å²) >= 11 is 0. The minimum Gasteiger partial charge on any atom is -0.465 e. The Labute approximate surface area is 139 Å². The van der Waals surface area contributed by atoms with Crippen LogP contribution in [0, 0.1) is 5.82 Å². The summed E-state index contributed by atoms with van der Waals surface area (Å²) in [7, 11) is 0. The van der Waals surface area contributed by atoms with Crippen molar-refractivity contribution < 1.29 is 19.0 Å². The second-order valence-corrected chi connectivity index (χ2v) is 5.75. The zero-order chi connectivity index (χ0) is 16.9. The van der Waals surface area contributed by atoms with Crippen LogP contribution < -0.4 is 4.74 Å². The van der Waals surface area contributed by atoms with Crippen molar-refractivity contribution in [3.8, 4) is 11.5 Å². The molecular formula is C18H19FN2O3. The summed E-state index contributed by atoms with van der Waals surface area (Å²) in [4.78, 5) is 14.6. The first kappa shape index (κ1) is 16.3. The van der Waals surface area contributed by atoms with E-state index in [4.69, 9.17) is 9.84 Å². The molecule has 1 aliphatic rings. The zero-order valence-electron chi connectivity index (χ0n) is 13.2. The minimum atomic E-state index is -0.857. The van der Waals surface area contributed by atoms with Crippen LogP contribution in [0.5, 0.6) is 11.5 Å². The molecule has 0 unspecified atom stereocenters. The maximum atomic E-state index is 12.9. The number of carbonyl (C=O) groups is 1. The molecule has 0 aliphatic carbocycles. The maximum Gasteiger partial charge on any atom is 0.407 e. The van der Waals surface area contributed by atoms with Crippen LogP contribution in [0.2, 0.25) is 0 Å². The van der Waals surface area contributed by atoms with E-state index in [0.29, 0.717) is 24.6 Å². The summed E-state index contributed by atoms with van der Waals surface area (Å²) in [5.74, 6) is 0.989. The summed E-state index contributed by atoms with van der Waals surface area (Å²) in [5, 5.41) is 8.98. The SMILES string of the molecule is O=C(O)N1CCN(Cc2cccc(Oc3ccc(F)cc3)c2)CC1. The number of piperazine rings is 1. The Morgan fingerprint density at radius 1 is 1.04 bits per heavy atom. The van der Waals surface area contributed by atoms with Gasteiger partial charge in [0.1, 0.15) is 17.3 Å². The number of amides is 1. The van der Waals surface area contributed by atoms with Gasteiger partial charge in [-0.2, -0.15) is 0 Å². The van der Waals surface area contributed by atoms with Gasteiger partial charge >= 0.3 is 6.09 Å². The molecule has 0 atom stereocenters. The highest BCUT2D eigenvalue weighted by Gasteiger charge is 2.20. The normalized spacial score (nSPS) is 15.3. The molecule has 2 aromatic rings. The van der Waals surface area contributed by atoms with Crippen LogP contribution >= 0.6 is 0 Å². The van der Waals surface area contributed by atoms with E-state index >= 15 is 0 Å². The Balaban J connectivity index is 1.59. The quantitative estimate of drug-likeness (QED) is 0.933. The van der Waals surface area contributed by atoms with Crippen LogP contribution in [-0.2, 0) is 6.54 Å². The number of halogens is 1. The van der Waals surface area contributed by atoms with Crippen LogP contribution in [0.1, 0.15) is 5.56 Å². The molecule has 0 saturated carbocycles. The van der Waals surface area contributed by atoms with E-state index in [2.05, 4.69) is 4.90 Å². The smallest absolute Gasteiger partial charge is 0.407 e. The van der Waals surface area contributed by atoms with Crippen LogP contribution in [0.4, 0.5) is 9.18 Å². The third kappa shape index (κ3) is 4.23. The topological polar surface area (TPSA) is 53.0 Å². The third-order valence-electron chi connectivity index (χ3n) is 4.00. The number of rotatable bonds is 4. The number of carboxylic acid groups (broad SMARTS) is 1. The molecule has 1 amide bonds. The molecule has 6 heteroatoms. The second-order valence-electron chi connectivity index (χ2n) is 5.75. The molecule has 126 valence electrons. The molecule has 1 fully saturated rings. The molecule has 0 spiro atoms. The standard InChI is InChI=1S/C18H19FN2O3/c19-15-4-6-16(7-5-15)24-17-3-1-2-14(12-17)13-20-8-10-21(11-9-20)18(22)23/h1-7,12H,8-11,13H2,(H,22,23). The molecule has 1 N–H and O–H groups in total. The van der Waals surface area contributed by atoms with Gasteiger partial charge in [0, 0.05) is 32.7 Å². The second kappa shape index (κ2) is 7.31. The first-order valence-electron chi connectivity index (χ1n) is 7.83. The molecule has 0 radical (unpaired) electrons. The molecule has 5 nitrogen and oxygen atoms in total. The van der Waals surface area contributed by atoms with E-state index < -0.39 is 6.09 Å². The van der Waals surface area contributed by atoms with Gasteiger partial charge in [0.25, 0.3) is 0 Å². The van der Waals surface area contributed by atoms with Gasteiger partial charge in [0.2, 0.25) is 0 Å². The molecule has 1 aliphatic heterocycles. The summed E-state index contributed by atoms with van der Waals surface area (Å²) in [6.45, 7) is 3.24. The van der Waals surface area contributed by atoms with E-state index in [-0.39, 0.29) is 5.82 Å². The molecule has 0 aromatic heterocycles. The fourth-order valence-electron chi connectivity index (χ4n) is 2.70. The average molecular weight is 330 g/mol. The van der Waals surface area contributed by atoms with Crippen molar-refractivity contribution in [1.29, 1.82) is 0 Å². The fourth-order valence-corrected chi connectivity index (χ4v) is 2.70. The molecule has 24 heavy (non-hydrogen) atoms. The Bertz CT molecular complexity index is 698. The van der Waals surface area contributed by atoms with Crippen LogP contribution in [0.15, 0.2) is 48.5 Å². The highest BCUT2D eigenvalue weighted by atomic mass is 19.1. The third-order valence-corrected chi connectivity index (χ3v) is 4.00. The number of hydrogen-bond acceptors (Lipinski definition) is 3. The van der Waals surface area contributed by atoms with Crippen molar-refractivity contribution in [3.63, 3.8) is 0 Å². The lowest BCUT2D eigenvalue weighted by Crippen LogP contribution is -2.47. The van der Waals surface area contributed by atoms with Crippen molar-refractivity contribution in [2.45, 2.75) is 6.54 Å². The van der Waals surface area contributed by atoms with Crippen LogP contribution in [0.3, 0.4) is 0 Å². The van der Waals surface area contributed by atoms with E-state index in [1.807, 2.05) is 24.3 Å². The predicted octanol–water partition coefficient (Wildman–Crippen LogP) is 3.41. The lowest BCUT2D eigenvalue weighted by molar-refractivity contribution is 0.103. The Kier molecular flexibility index (Phi) is 4.96. The summed E-state index contributed by atoms with van der Waals surface area (Å²) < 4.78 is 18.7. The number of hydrogen-bond donors (Lipinski definition) is 1. The largest absolute Gasteiger partial charge is 0.465 e. The predicted molar refractivity (Wildman–Crippen MR) is 87.8 cm³/mol.